The summed E-state index contributed by atoms with van der Waals surface area (Å²) in [6.07, 6.45) is -12.7. The van der Waals surface area contributed by atoms with Crippen molar-refractivity contribution in [1.29, 1.82) is 0 Å². The number of hydrogen-bond acceptors (Lipinski definition) is 15. The third-order valence-corrected chi connectivity index (χ3v) is 8.02. The van der Waals surface area contributed by atoms with Gasteiger partial charge in [0.15, 0.2) is 17.3 Å². The molecule has 3 aromatic rings. The van der Waals surface area contributed by atoms with Crippen molar-refractivity contribution in [2.24, 2.45) is 5.92 Å². The number of aliphatic hydroxyl groups excluding tert-OH is 6. The van der Waals surface area contributed by atoms with Crippen molar-refractivity contribution in [2.75, 3.05) is 13.7 Å². The van der Waals surface area contributed by atoms with E-state index in [-0.39, 0.29) is 46.0 Å². The first-order chi connectivity index (χ1) is 20.9. The first-order valence-corrected chi connectivity index (χ1v) is 13.7. The van der Waals surface area contributed by atoms with E-state index in [1.165, 1.54) is 25.3 Å². The first kappa shape index (κ1) is 31.7. The summed E-state index contributed by atoms with van der Waals surface area (Å²) in [5, 5.41) is 92.4. The predicted octanol–water partition coefficient (Wildman–Crippen LogP) is -0.721. The number of aliphatic hydroxyl groups is 6. The number of fused-ring (bicyclic) bond motifs is 1. The highest BCUT2D eigenvalue weighted by atomic mass is 16.7. The lowest BCUT2D eigenvalue weighted by Crippen LogP contribution is -2.63. The Balaban J connectivity index is 1.38. The molecule has 15 nitrogen and oxygen atoms in total. The van der Waals surface area contributed by atoms with Crippen molar-refractivity contribution in [3.05, 3.63) is 40.6 Å². The second-order valence-corrected chi connectivity index (χ2v) is 11.0. The van der Waals surface area contributed by atoms with Crippen molar-refractivity contribution in [3.63, 3.8) is 0 Å². The summed E-state index contributed by atoms with van der Waals surface area (Å²) in [5.41, 5.74) is -1.01. The van der Waals surface area contributed by atoms with Crippen LogP contribution in [0, 0.1) is 5.92 Å². The van der Waals surface area contributed by atoms with Gasteiger partial charge in [0, 0.05) is 17.7 Å². The molecule has 1 aliphatic heterocycles. The molecule has 10 atom stereocenters. The third-order valence-electron chi connectivity index (χ3n) is 8.02. The summed E-state index contributed by atoms with van der Waals surface area (Å²) >= 11 is 0. The van der Waals surface area contributed by atoms with Gasteiger partial charge in [0.05, 0.1) is 25.9 Å². The first-order valence-electron chi connectivity index (χ1n) is 13.7. The monoisotopic (exact) mass is 622 g/mol. The van der Waals surface area contributed by atoms with Gasteiger partial charge in [-0.2, -0.15) is 0 Å². The van der Waals surface area contributed by atoms with Crippen LogP contribution in [0.4, 0.5) is 0 Å². The summed E-state index contributed by atoms with van der Waals surface area (Å²) < 4.78 is 28.3. The van der Waals surface area contributed by atoms with Gasteiger partial charge in [0.2, 0.25) is 17.5 Å². The Bertz CT molecular complexity index is 1550. The SMILES string of the molecule is COc1cc(-c2oc3cc(O)cc(O)c3c(=O)c2O)ccc1OC1OC(CO)C(OC2CC(C)C(O)C(O)C2O)C(O)C1O. The number of phenols is 2. The molecule has 9 N–H and O–H groups in total. The second-order valence-electron chi connectivity index (χ2n) is 11.0. The molecule has 10 unspecified atom stereocenters. The number of rotatable bonds is 7. The molecule has 44 heavy (non-hydrogen) atoms. The standard InChI is InChI=1S/C29H34O15/c1-10-5-17(21(34)23(36)20(10)33)42-28-18(9-30)44-29(26(39)25(28)38)43-14-4-3-11(6-15(14)40-2)27-24(37)22(35)19-13(32)7-12(31)8-16(19)41-27/h3-4,6-8,10,17-18,20-21,23,25-26,28-34,36-39H,5,9H2,1-2H3. The van der Waals surface area contributed by atoms with Gasteiger partial charge in [-0.15, -0.1) is 0 Å². The molecular weight excluding hydrogens is 588 g/mol. The lowest BCUT2D eigenvalue weighted by atomic mass is 9.81. The molecule has 0 bridgehead atoms. The molecule has 0 radical (unpaired) electrons. The molecule has 2 heterocycles. The lowest BCUT2D eigenvalue weighted by Gasteiger charge is -2.45. The number of hydrogen-bond donors (Lipinski definition) is 9. The van der Waals surface area contributed by atoms with Gasteiger partial charge in [-0.3, -0.25) is 4.79 Å². The minimum absolute atomic E-state index is 0.0134. The fourth-order valence-corrected chi connectivity index (χ4v) is 5.56. The molecule has 1 aromatic heterocycles. The number of ether oxygens (including phenoxy) is 4. The number of phenolic OH excluding ortho intramolecular Hbond substituents is 2. The summed E-state index contributed by atoms with van der Waals surface area (Å²) in [4.78, 5) is 12.7. The van der Waals surface area contributed by atoms with E-state index in [9.17, 15) is 50.8 Å². The summed E-state index contributed by atoms with van der Waals surface area (Å²) in [7, 11) is 1.29. The molecule has 5 rings (SSSR count). The summed E-state index contributed by atoms with van der Waals surface area (Å²) in [6, 6.07) is 6.06. The molecule has 1 saturated carbocycles. The predicted molar refractivity (Wildman–Crippen MR) is 148 cm³/mol. The van der Waals surface area contributed by atoms with Crippen LogP contribution in [0.2, 0.25) is 0 Å². The molecule has 15 heteroatoms. The highest BCUT2D eigenvalue weighted by Gasteiger charge is 2.50. The number of benzene rings is 2. The quantitative estimate of drug-likeness (QED) is 0.158. The average Bonchev–Trinajstić information content (AvgIpc) is 2.99. The van der Waals surface area contributed by atoms with Crippen LogP contribution in [-0.4, -0.2) is 115 Å². The van der Waals surface area contributed by atoms with E-state index in [1.54, 1.807) is 6.92 Å². The zero-order valence-electron chi connectivity index (χ0n) is 23.5. The Morgan fingerprint density at radius 3 is 2.32 bits per heavy atom. The second kappa shape index (κ2) is 12.4. The molecule has 1 aliphatic carbocycles. The van der Waals surface area contributed by atoms with Crippen molar-refractivity contribution in [2.45, 2.75) is 68.5 Å². The maximum atomic E-state index is 12.7. The zero-order chi connectivity index (χ0) is 32.0. The molecule has 240 valence electrons. The summed E-state index contributed by atoms with van der Waals surface area (Å²) in [6.45, 7) is 0.967. The highest BCUT2D eigenvalue weighted by molar-refractivity contribution is 5.88. The van der Waals surface area contributed by atoms with Crippen molar-refractivity contribution >= 4 is 11.0 Å². The van der Waals surface area contributed by atoms with Gasteiger partial charge in [0.25, 0.3) is 0 Å². The van der Waals surface area contributed by atoms with Gasteiger partial charge < -0.3 is 69.3 Å². The minimum atomic E-state index is -1.73. The van der Waals surface area contributed by atoms with Crippen LogP contribution in [0.3, 0.4) is 0 Å². The van der Waals surface area contributed by atoms with E-state index < -0.39 is 84.6 Å². The van der Waals surface area contributed by atoms with Crippen LogP contribution < -0.4 is 14.9 Å². The Morgan fingerprint density at radius 2 is 1.64 bits per heavy atom. The minimum Gasteiger partial charge on any atom is -0.508 e. The molecular formula is C29H34O15. The fourth-order valence-electron chi connectivity index (χ4n) is 5.56. The number of aromatic hydroxyl groups is 3. The van der Waals surface area contributed by atoms with E-state index in [0.29, 0.717) is 0 Å². The number of methoxy groups -OCH3 is 1. The maximum absolute atomic E-state index is 12.7. The Morgan fingerprint density at radius 1 is 0.909 bits per heavy atom. The van der Waals surface area contributed by atoms with Crippen molar-refractivity contribution < 1.29 is 69.3 Å². The van der Waals surface area contributed by atoms with Gasteiger partial charge in [-0.25, -0.2) is 0 Å². The Kier molecular flexibility index (Phi) is 8.93. The van der Waals surface area contributed by atoms with Crippen LogP contribution in [0.1, 0.15) is 13.3 Å². The topological polar surface area (TPSA) is 249 Å². The highest BCUT2D eigenvalue weighted by Crippen LogP contribution is 2.40. The van der Waals surface area contributed by atoms with E-state index >= 15 is 0 Å². The molecule has 2 fully saturated rings. The van der Waals surface area contributed by atoms with Gasteiger partial charge in [0.1, 0.15) is 59.1 Å². The van der Waals surface area contributed by atoms with E-state index in [2.05, 4.69) is 0 Å². The van der Waals surface area contributed by atoms with Crippen molar-refractivity contribution in [3.8, 4) is 40.1 Å². The van der Waals surface area contributed by atoms with E-state index in [0.717, 1.165) is 12.1 Å². The lowest BCUT2D eigenvalue weighted by molar-refractivity contribution is -0.303. The molecule has 0 amide bonds. The van der Waals surface area contributed by atoms with Gasteiger partial charge in [-0.1, -0.05) is 6.92 Å². The largest absolute Gasteiger partial charge is 0.508 e. The van der Waals surface area contributed by atoms with E-state index in [4.69, 9.17) is 23.4 Å². The third kappa shape index (κ3) is 5.64. The average molecular weight is 623 g/mol. The summed E-state index contributed by atoms with van der Waals surface area (Å²) in [5.74, 6) is -2.54. The van der Waals surface area contributed by atoms with E-state index in [1.807, 2.05) is 0 Å². The van der Waals surface area contributed by atoms with Gasteiger partial charge in [-0.05, 0) is 30.5 Å². The molecule has 2 aromatic carbocycles. The molecule has 2 aliphatic rings. The van der Waals surface area contributed by atoms with Crippen molar-refractivity contribution in [1.82, 2.24) is 0 Å². The fraction of sp³-hybridized carbons (Fsp3) is 0.483. The van der Waals surface area contributed by atoms with Crippen LogP contribution >= 0.6 is 0 Å². The molecule has 1 saturated heterocycles. The van der Waals surface area contributed by atoms with Crippen LogP contribution in [0.25, 0.3) is 22.3 Å². The normalized spacial score (nSPS) is 32.5. The van der Waals surface area contributed by atoms with Gasteiger partial charge >= 0.3 is 0 Å². The van der Waals surface area contributed by atoms with Crippen LogP contribution in [0.15, 0.2) is 39.5 Å². The smallest absolute Gasteiger partial charge is 0.238 e. The molecule has 0 spiro atoms. The van der Waals surface area contributed by atoms with Crippen LogP contribution in [0.5, 0.6) is 28.7 Å². The zero-order valence-corrected chi connectivity index (χ0v) is 23.5. The Hall–Kier alpha value is -3.67. The van der Waals surface area contributed by atoms with Crippen LogP contribution in [-0.2, 0) is 9.47 Å². The maximum Gasteiger partial charge on any atom is 0.238 e. The Labute approximate surface area is 249 Å².